The standard InChI is InChI=1S/C22H21F2N7O/c1-12(32)26-19-10-17-14(11-25-19)6-7-31(17)20-9-16(27-21(28-20)22(2,23)24)18-8-15(13-4-5-13)29-30(18)3/h6-11,13H,4-5H2,1-3H3,(H,25,26,32). The molecule has 0 radical (unpaired) electrons. The Hall–Kier alpha value is -3.69. The lowest BCUT2D eigenvalue weighted by atomic mass is 10.2. The molecule has 0 unspecified atom stereocenters. The van der Waals surface area contributed by atoms with Crippen molar-refractivity contribution in [2.45, 2.75) is 38.5 Å². The summed E-state index contributed by atoms with van der Waals surface area (Å²) in [5.74, 6) is -2.98. The second-order valence-corrected chi connectivity index (χ2v) is 8.17. The van der Waals surface area contributed by atoms with E-state index in [4.69, 9.17) is 0 Å². The second kappa shape index (κ2) is 7.18. The lowest BCUT2D eigenvalue weighted by molar-refractivity contribution is -0.114. The zero-order chi connectivity index (χ0) is 22.6. The summed E-state index contributed by atoms with van der Waals surface area (Å²) < 4.78 is 32.0. The molecule has 0 bridgehead atoms. The molecule has 1 aliphatic carbocycles. The van der Waals surface area contributed by atoms with Crippen molar-refractivity contribution in [3.8, 4) is 17.2 Å². The third-order valence-electron chi connectivity index (χ3n) is 5.39. The van der Waals surface area contributed by atoms with Crippen molar-refractivity contribution in [1.82, 2.24) is 29.3 Å². The summed E-state index contributed by atoms with van der Waals surface area (Å²) in [6.07, 6.45) is 5.51. The van der Waals surface area contributed by atoms with E-state index in [0.29, 0.717) is 28.6 Å². The molecule has 5 rings (SSSR count). The molecule has 0 saturated heterocycles. The third kappa shape index (κ3) is 3.72. The molecule has 4 aromatic heterocycles. The highest BCUT2D eigenvalue weighted by molar-refractivity contribution is 5.91. The highest BCUT2D eigenvalue weighted by Gasteiger charge is 2.31. The predicted molar refractivity (Wildman–Crippen MR) is 115 cm³/mol. The van der Waals surface area contributed by atoms with Gasteiger partial charge in [0.2, 0.25) is 11.7 Å². The lowest BCUT2D eigenvalue weighted by Gasteiger charge is -2.14. The van der Waals surface area contributed by atoms with Crippen LogP contribution >= 0.6 is 0 Å². The first kappa shape index (κ1) is 20.2. The molecule has 8 nitrogen and oxygen atoms in total. The first-order valence-corrected chi connectivity index (χ1v) is 10.3. The van der Waals surface area contributed by atoms with Crippen molar-refractivity contribution in [3.05, 3.63) is 48.2 Å². The fraction of sp³-hybridized carbons (Fsp3) is 0.318. The molecule has 1 N–H and O–H groups in total. The summed E-state index contributed by atoms with van der Waals surface area (Å²) in [4.78, 5) is 24.0. The minimum absolute atomic E-state index is 0.255. The van der Waals surface area contributed by atoms with Crippen molar-refractivity contribution < 1.29 is 13.6 Å². The Morgan fingerprint density at radius 3 is 2.69 bits per heavy atom. The SMILES string of the molecule is CC(=O)Nc1cc2c(ccn2-c2cc(-c3cc(C4CC4)nn3C)nc(C(C)(F)F)n2)cn1. The van der Waals surface area contributed by atoms with Gasteiger partial charge in [-0.2, -0.15) is 13.9 Å². The maximum atomic E-state index is 14.3. The molecule has 4 aromatic rings. The monoisotopic (exact) mass is 437 g/mol. The van der Waals surface area contributed by atoms with Crippen LogP contribution in [0.4, 0.5) is 14.6 Å². The van der Waals surface area contributed by atoms with Gasteiger partial charge in [-0.3, -0.25) is 9.48 Å². The average Bonchev–Trinajstić information content (AvgIpc) is 3.37. The maximum absolute atomic E-state index is 14.3. The van der Waals surface area contributed by atoms with Gasteiger partial charge >= 0.3 is 5.92 Å². The van der Waals surface area contributed by atoms with Gasteiger partial charge in [0.1, 0.15) is 11.6 Å². The first-order chi connectivity index (χ1) is 15.2. The number of aromatic nitrogens is 6. The van der Waals surface area contributed by atoms with Crippen LogP contribution in [0, 0.1) is 0 Å². The molecule has 1 aliphatic rings. The number of carbonyl (C=O) groups is 1. The number of amides is 1. The highest BCUT2D eigenvalue weighted by Crippen LogP contribution is 2.40. The van der Waals surface area contributed by atoms with Crippen LogP contribution in [0.2, 0.25) is 0 Å². The van der Waals surface area contributed by atoms with Crippen LogP contribution in [-0.2, 0) is 17.8 Å². The van der Waals surface area contributed by atoms with Gasteiger partial charge in [0.15, 0.2) is 0 Å². The van der Waals surface area contributed by atoms with Gasteiger partial charge in [-0.1, -0.05) is 0 Å². The molecule has 32 heavy (non-hydrogen) atoms. The van der Waals surface area contributed by atoms with Gasteiger partial charge in [0.05, 0.1) is 22.6 Å². The number of anilines is 1. The Labute approximate surface area is 182 Å². The van der Waals surface area contributed by atoms with Gasteiger partial charge in [-0.05, 0) is 25.0 Å². The van der Waals surface area contributed by atoms with Gasteiger partial charge in [-0.15, -0.1) is 0 Å². The molecule has 164 valence electrons. The Morgan fingerprint density at radius 2 is 2.00 bits per heavy atom. The summed E-state index contributed by atoms with van der Waals surface area (Å²) in [6, 6.07) is 7.06. The number of halogens is 2. The van der Waals surface area contributed by atoms with E-state index >= 15 is 0 Å². The molecule has 0 aliphatic heterocycles. The van der Waals surface area contributed by atoms with E-state index in [2.05, 4.69) is 25.4 Å². The van der Waals surface area contributed by atoms with Crippen molar-refractivity contribution >= 4 is 22.6 Å². The summed E-state index contributed by atoms with van der Waals surface area (Å²) in [6.45, 7) is 2.17. The average molecular weight is 437 g/mol. The highest BCUT2D eigenvalue weighted by atomic mass is 19.3. The zero-order valence-corrected chi connectivity index (χ0v) is 17.8. The lowest BCUT2D eigenvalue weighted by Crippen LogP contribution is -2.15. The Morgan fingerprint density at radius 1 is 1.22 bits per heavy atom. The van der Waals surface area contributed by atoms with E-state index in [1.165, 1.54) is 6.92 Å². The number of rotatable bonds is 5. The molecule has 10 heteroatoms. The fourth-order valence-corrected chi connectivity index (χ4v) is 3.67. The van der Waals surface area contributed by atoms with Crippen LogP contribution in [0.5, 0.6) is 0 Å². The first-order valence-electron chi connectivity index (χ1n) is 10.3. The van der Waals surface area contributed by atoms with Gasteiger partial charge in [-0.25, -0.2) is 15.0 Å². The summed E-state index contributed by atoms with van der Waals surface area (Å²) in [7, 11) is 1.78. The number of carbonyl (C=O) groups excluding carboxylic acids is 1. The quantitative estimate of drug-likeness (QED) is 0.506. The molecule has 0 aromatic carbocycles. The number of nitrogens with zero attached hydrogens (tertiary/aromatic N) is 6. The number of aryl methyl sites for hydroxylation is 1. The number of nitrogens with one attached hydrogen (secondary N) is 1. The van der Waals surface area contributed by atoms with Gasteiger partial charge < -0.3 is 9.88 Å². The van der Waals surface area contributed by atoms with Crippen molar-refractivity contribution in [2.24, 2.45) is 7.05 Å². The molecule has 1 amide bonds. The number of fused-ring (bicyclic) bond motifs is 1. The van der Waals surface area contributed by atoms with Gasteiger partial charge in [0.25, 0.3) is 0 Å². The van der Waals surface area contributed by atoms with E-state index in [1.807, 2.05) is 6.07 Å². The van der Waals surface area contributed by atoms with Gasteiger partial charge in [0, 0.05) is 56.7 Å². The number of alkyl halides is 2. The molecular formula is C22H21F2N7O. The Balaban J connectivity index is 1.67. The smallest absolute Gasteiger partial charge is 0.303 e. The molecule has 1 saturated carbocycles. The predicted octanol–water partition coefficient (Wildman–Crippen LogP) is 4.16. The fourth-order valence-electron chi connectivity index (χ4n) is 3.67. The zero-order valence-electron chi connectivity index (χ0n) is 17.8. The van der Waals surface area contributed by atoms with E-state index in [-0.39, 0.29) is 11.7 Å². The molecule has 0 spiro atoms. The van der Waals surface area contributed by atoms with Crippen molar-refractivity contribution in [1.29, 1.82) is 0 Å². The van der Waals surface area contributed by atoms with E-state index in [0.717, 1.165) is 30.8 Å². The number of pyridine rings is 1. The van der Waals surface area contributed by atoms with Crippen LogP contribution < -0.4 is 5.32 Å². The van der Waals surface area contributed by atoms with Crippen molar-refractivity contribution in [2.75, 3.05) is 5.32 Å². The largest absolute Gasteiger partial charge is 0.311 e. The van der Waals surface area contributed by atoms with Crippen LogP contribution in [0.15, 0.2) is 36.7 Å². The molecule has 1 fully saturated rings. The van der Waals surface area contributed by atoms with Crippen LogP contribution in [-0.4, -0.2) is 35.2 Å². The maximum Gasteiger partial charge on any atom is 0.303 e. The summed E-state index contributed by atoms with van der Waals surface area (Å²) in [5.41, 5.74) is 2.64. The Kier molecular flexibility index (Phi) is 4.54. The normalized spacial score (nSPS) is 14.2. The molecular weight excluding hydrogens is 416 g/mol. The van der Waals surface area contributed by atoms with Crippen LogP contribution in [0.1, 0.15) is 44.1 Å². The second-order valence-electron chi connectivity index (χ2n) is 8.17. The van der Waals surface area contributed by atoms with Crippen molar-refractivity contribution in [3.63, 3.8) is 0 Å². The molecule has 0 atom stereocenters. The minimum atomic E-state index is -3.23. The summed E-state index contributed by atoms with van der Waals surface area (Å²) in [5, 5.41) is 7.95. The topological polar surface area (TPSA) is 90.5 Å². The third-order valence-corrected chi connectivity index (χ3v) is 5.39. The number of hydrogen-bond donors (Lipinski definition) is 1. The number of hydrogen-bond acceptors (Lipinski definition) is 5. The Bertz CT molecular complexity index is 1350. The van der Waals surface area contributed by atoms with E-state index in [1.54, 1.807) is 46.9 Å². The summed E-state index contributed by atoms with van der Waals surface area (Å²) >= 11 is 0. The van der Waals surface area contributed by atoms with E-state index in [9.17, 15) is 13.6 Å². The minimum Gasteiger partial charge on any atom is -0.311 e. The van der Waals surface area contributed by atoms with Crippen LogP contribution in [0.25, 0.3) is 28.1 Å². The molecule has 4 heterocycles. The van der Waals surface area contributed by atoms with Crippen LogP contribution in [0.3, 0.4) is 0 Å². The van der Waals surface area contributed by atoms with E-state index < -0.39 is 11.7 Å².